The van der Waals surface area contributed by atoms with Crippen LogP contribution in [0.5, 0.6) is 0 Å². The normalized spacial score (nSPS) is 15.3. The number of halogens is 3. The molecule has 0 unspecified atom stereocenters. The molecule has 1 aliphatic heterocycles. The number of nitrogens with one attached hydrogen (secondary N) is 2. The Balaban J connectivity index is 1.64. The van der Waals surface area contributed by atoms with E-state index in [1.807, 2.05) is 0 Å². The van der Waals surface area contributed by atoms with Crippen molar-refractivity contribution in [1.29, 1.82) is 0 Å². The van der Waals surface area contributed by atoms with E-state index in [-0.39, 0.29) is 28.6 Å². The van der Waals surface area contributed by atoms with Gasteiger partial charge in [-0.05, 0) is 67.1 Å². The number of imide groups is 1. The van der Waals surface area contributed by atoms with Crippen LogP contribution in [0.4, 0.5) is 40.0 Å². The molecule has 2 heterocycles. The van der Waals surface area contributed by atoms with Crippen molar-refractivity contribution in [2.75, 3.05) is 29.6 Å². The third-order valence-electron chi connectivity index (χ3n) is 6.70. The van der Waals surface area contributed by atoms with Gasteiger partial charge in [0.2, 0.25) is 5.91 Å². The van der Waals surface area contributed by atoms with Crippen molar-refractivity contribution in [2.45, 2.75) is 42.4 Å². The second-order valence-corrected chi connectivity index (χ2v) is 11.7. The highest BCUT2D eigenvalue weighted by Crippen LogP contribution is 2.43. The maximum atomic E-state index is 13.7. The Morgan fingerprint density at radius 1 is 1.05 bits per heavy atom. The summed E-state index contributed by atoms with van der Waals surface area (Å²) in [5.74, 6) is -1.12. The molecule has 1 aromatic heterocycles. The van der Waals surface area contributed by atoms with Crippen LogP contribution in [0.3, 0.4) is 0 Å². The number of urea groups is 2. The van der Waals surface area contributed by atoms with Crippen molar-refractivity contribution < 1.29 is 32.3 Å². The van der Waals surface area contributed by atoms with Gasteiger partial charge in [0.1, 0.15) is 17.4 Å². The number of nitrogens with two attached hydrogens (primary N) is 1. The molecule has 0 radical (unpaired) electrons. The molecule has 1 aliphatic rings. The lowest BCUT2D eigenvalue weighted by molar-refractivity contribution is -0.130. The van der Waals surface area contributed by atoms with Crippen molar-refractivity contribution in [3.8, 4) is 0 Å². The number of benzene rings is 2. The van der Waals surface area contributed by atoms with E-state index < -0.39 is 52.7 Å². The van der Waals surface area contributed by atoms with Crippen LogP contribution in [0.15, 0.2) is 71.8 Å². The fraction of sp³-hybridized carbons (Fsp3) is 0.276. The van der Waals surface area contributed by atoms with E-state index in [0.29, 0.717) is 11.1 Å². The standard InChI is InChI=1S/C29H30F3N7O4S/c1-28(2)25(41)38(16-17-12-13-34-22(14-17)36-26(42)37(3)4)27(43)39(28)19-10-11-21(44-29(30,31)32)20(15-19)35-24(40)23(33)18-8-6-5-7-9-18/h5-15,23H,16,33H2,1-4H3,(H,35,40)(H,34,36,42)/t23-/m1/s1. The summed E-state index contributed by atoms with van der Waals surface area (Å²) >= 11 is -0.436. The van der Waals surface area contributed by atoms with Crippen LogP contribution in [-0.4, -0.2) is 63.8 Å². The summed E-state index contributed by atoms with van der Waals surface area (Å²) in [5, 5.41) is 5.06. The minimum atomic E-state index is -4.67. The smallest absolute Gasteiger partial charge is 0.331 e. The molecule has 1 fully saturated rings. The highest BCUT2D eigenvalue weighted by molar-refractivity contribution is 8.00. The summed E-state index contributed by atoms with van der Waals surface area (Å²) < 4.78 is 40.2. The Morgan fingerprint density at radius 2 is 1.73 bits per heavy atom. The molecular formula is C29H30F3N7O4S. The molecule has 15 heteroatoms. The number of carbonyl (C=O) groups excluding carboxylic acids is 4. The molecule has 1 atom stereocenters. The Morgan fingerprint density at radius 3 is 2.36 bits per heavy atom. The predicted molar refractivity (Wildman–Crippen MR) is 160 cm³/mol. The molecule has 0 saturated carbocycles. The summed E-state index contributed by atoms with van der Waals surface area (Å²) in [6.45, 7) is 2.84. The van der Waals surface area contributed by atoms with Crippen molar-refractivity contribution >= 4 is 52.8 Å². The molecule has 3 aromatic rings. The van der Waals surface area contributed by atoms with Crippen LogP contribution in [-0.2, 0) is 16.1 Å². The molecule has 1 saturated heterocycles. The van der Waals surface area contributed by atoms with Gasteiger partial charge in [-0.2, -0.15) is 13.2 Å². The lowest BCUT2D eigenvalue weighted by Gasteiger charge is -2.28. The zero-order chi connectivity index (χ0) is 32.4. The second kappa shape index (κ2) is 12.5. The fourth-order valence-electron chi connectivity index (χ4n) is 4.48. The number of rotatable bonds is 8. The number of pyridine rings is 1. The van der Waals surface area contributed by atoms with Crippen LogP contribution in [0, 0.1) is 0 Å². The Labute approximate surface area is 255 Å². The first-order chi connectivity index (χ1) is 20.6. The van der Waals surface area contributed by atoms with Gasteiger partial charge in [0.25, 0.3) is 5.91 Å². The number of aromatic nitrogens is 1. The van der Waals surface area contributed by atoms with Crippen LogP contribution < -0.4 is 21.3 Å². The minimum absolute atomic E-state index is 0.0830. The number of carbonyl (C=O) groups is 4. The number of anilines is 3. The van der Waals surface area contributed by atoms with E-state index in [1.54, 1.807) is 50.5 Å². The lowest BCUT2D eigenvalue weighted by Crippen LogP contribution is -2.44. The first-order valence-corrected chi connectivity index (χ1v) is 14.0. The van der Waals surface area contributed by atoms with Gasteiger partial charge in [-0.15, -0.1) is 0 Å². The first-order valence-electron chi connectivity index (χ1n) is 13.2. The summed E-state index contributed by atoms with van der Waals surface area (Å²) in [7, 11) is 3.11. The van der Waals surface area contributed by atoms with Crippen LogP contribution in [0.2, 0.25) is 0 Å². The Kier molecular flexibility index (Phi) is 9.20. The summed E-state index contributed by atoms with van der Waals surface area (Å²) in [6, 6.07) is 12.7. The SMILES string of the molecule is CN(C)C(=O)Nc1cc(CN2C(=O)N(c3ccc(SC(F)(F)F)c(NC(=O)[C@H](N)c4ccccc4)c3)C(C)(C)C2=O)ccn1. The molecule has 0 bridgehead atoms. The van der Waals surface area contributed by atoms with E-state index in [9.17, 15) is 32.3 Å². The predicted octanol–water partition coefficient (Wildman–Crippen LogP) is 5.17. The number of nitrogens with zero attached hydrogens (tertiary/aromatic N) is 4. The van der Waals surface area contributed by atoms with Gasteiger partial charge in [0.05, 0.1) is 12.2 Å². The van der Waals surface area contributed by atoms with E-state index in [4.69, 9.17) is 5.73 Å². The van der Waals surface area contributed by atoms with Gasteiger partial charge in [0, 0.05) is 30.9 Å². The molecule has 0 aliphatic carbocycles. The topological polar surface area (TPSA) is 141 Å². The molecule has 4 N–H and O–H groups in total. The lowest BCUT2D eigenvalue weighted by atomic mass is 10.0. The van der Waals surface area contributed by atoms with E-state index in [2.05, 4.69) is 15.6 Å². The van der Waals surface area contributed by atoms with Gasteiger partial charge >= 0.3 is 17.6 Å². The zero-order valence-corrected chi connectivity index (χ0v) is 25.0. The van der Waals surface area contributed by atoms with Crippen molar-refractivity contribution in [3.05, 3.63) is 78.0 Å². The summed E-state index contributed by atoms with van der Waals surface area (Å²) in [5.41, 5.74) is 0.747. The van der Waals surface area contributed by atoms with E-state index in [1.165, 1.54) is 43.1 Å². The largest absolute Gasteiger partial charge is 0.446 e. The summed E-state index contributed by atoms with van der Waals surface area (Å²) in [6.07, 6.45) is 1.42. The van der Waals surface area contributed by atoms with Gasteiger partial charge in [-0.3, -0.25) is 24.7 Å². The van der Waals surface area contributed by atoms with Crippen LogP contribution in [0.25, 0.3) is 0 Å². The average molecular weight is 630 g/mol. The molecular weight excluding hydrogens is 599 g/mol. The van der Waals surface area contributed by atoms with Gasteiger partial charge in [0.15, 0.2) is 0 Å². The molecule has 2 aromatic carbocycles. The minimum Gasteiger partial charge on any atom is -0.331 e. The highest BCUT2D eigenvalue weighted by atomic mass is 32.2. The Bertz CT molecular complexity index is 1580. The van der Waals surface area contributed by atoms with Crippen LogP contribution in [0.1, 0.15) is 31.0 Å². The van der Waals surface area contributed by atoms with Crippen molar-refractivity contribution in [2.24, 2.45) is 5.73 Å². The first kappa shape index (κ1) is 32.3. The van der Waals surface area contributed by atoms with E-state index in [0.717, 1.165) is 15.9 Å². The number of hydrogen-bond acceptors (Lipinski definition) is 7. The number of hydrogen-bond donors (Lipinski definition) is 3. The molecule has 232 valence electrons. The number of alkyl halides is 3. The third kappa shape index (κ3) is 7.11. The van der Waals surface area contributed by atoms with Crippen LogP contribution >= 0.6 is 11.8 Å². The van der Waals surface area contributed by atoms with Crippen molar-refractivity contribution in [1.82, 2.24) is 14.8 Å². The molecule has 0 spiro atoms. The average Bonchev–Trinajstić information content (AvgIpc) is 3.12. The number of thioether (sulfide) groups is 1. The fourth-order valence-corrected chi connectivity index (χ4v) is 5.09. The molecule has 11 nitrogen and oxygen atoms in total. The zero-order valence-electron chi connectivity index (χ0n) is 24.2. The van der Waals surface area contributed by atoms with Gasteiger partial charge in [-0.1, -0.05) is 30.3 Å². The molecule has 4 rings (SSSR count). The summed E-state index contributed by atoms with van der Waals surface area (Å²) in [4.78, 5) is 59.4. The van der Waals surface area contributed by atoms with Gasteiger partial charge in [-0.25, -0.2) is 14.6 Å². The monoisotopic (exact) mass is 629 g/mol. The molecule has 44 heavy (non-hydrogen) atoms. The quantitative estimate of drug-likeness (QED) is 0.231. The third-order valence-corrected chi connectivity index (χ3v) is 7.51. The Hall–Kier alpha value is -4.63. The molecule has 6 amide bonds. The highest BCUT2D eigenvalue weighted by Gasteiger charge is 2.52. The van der Waals surface area contributed by atoms with Crippen molar-refractivity contribution in [3.63, 3.8) is 0 Å². The maximum absolute atomic E-state index is 13.7. The van der Waals surface area contributed by atoms with Gasteiger partial charge < -0.3 is 16.0 Å². The van der Waals surface area contributed by atoms with E-state index >= 15 is 0 Å². The number of amides is 6. The maximum Gasteiger partial charge on any atom is 0.446 e. The second-order valence-electron chi connectivity index (χ2n) is 10.5.